The van der Waals surface area contributed by atoms with Crippen molar-refractivity contribution in [1.82, 2.24) is 0 Å². The van der Waals surface area contributed by atoms with E-state index in [2.05, 4.69) is 0 Å². The van der Waals surface area contributed by atoms with Gasteiger partial charge in [0.05, 0.1) is 5.92 Å². The molecule has 0 aromatic heterocycles. The van der Waals surface area contributed by atoms with Gasteiger partial charge in [-0.15, -0.1) is 0 Å². The lowest BCUT2D eigenvalue weighted by Crippen LogP contribution is -2.13. The average molecular weight is 381 g/mol. The molecule has 0 saturated heterocycles. The molecule has 0 spiro atoms. The molecule has 1 aromatic rings. The molecule has 7 heteroatoms. The van der Waals surface area contributed by atoms with Gasteiger partial charge in [0, 0.05) is 11.6 Å². The monoisotopic (exact) mass is 380 g/mol. The zero-order valence-corrected chi connectivity index (χ0v) is 14.9. The predicted molar refractivity (Wildman–Crippen MR) is 86.0 cm³/mol. The van der Waals surface area contributed by atoms with Gasteiger partial charge < -0.3 is 4.74 Å². The Morgan fingerprint density at radius 3 is 2.42 bits per heavy atom. The van der Waals surface area contributed by atoms with Crippen LogP contribution in [0.15, 0.2) is 16.6 Å². The Kier molecular flexibility index (Phi) is 5.55. The third kappa shape index (κ3) is 3.57. The highest BCUT2D eigenvalue weighted by molar-refractivity contribution is 6.55. The quantitative estimate of drug-likeness (QED) is 0.511. The second-order valence-corrected chi connectivity index (χ2v) is 7.36. The Bertz CT molecular complexity index is 698. The van der Waals surface area contributed by atoms with Gasteiger partial charge in [-0.05, 0) is 29.4 Å². The number of rotatable bonds is 5. The summed E-state index contributed by atoms with van der Waals surface area (Å²) in [6, 6.07) is 0.493. The predicted octanol–water partition coefficient (Wildman–Crippen LogP) is 5.30. The molecule has 0 radical (unpaired) electrons. The minimum Gasteiger partial charge on any atom is -0.460 e. The van der Waals surface area contributed by atoms with Gasteiger partial charge >= 0.3 is 5.97 Å². The molecule has 2 nitrogen and oxygen atoms in total. The molecule has 2 rings (SSSR count). The molecule has 1 aliphatic rings. The molecule has 0 aliphatic heterocycles. The first kappa shape index (κ1) is 19.1. The SMILES string of the molecule is CCc1c(F)cc(F)c(F)c1COC(=O)[C@H]1[C@H](C=C(Cl)Cl)C1(C)C. The highest BCUT2D eigenvalue weighted by Crippen LogP contribution is 2.60. The summed E-state index contributed by atoms with van der Waals surface area (Å²) in [4.78, 5) is 12.2. The van der Waals surface area contributed by atoms with E-state index < -0.39 is 41.4 Å². The summed E-state index contributed by atoms with van der Waals surface area (Å²) in [6.45, 7) is 4.77. The fourth-order valence-electron chi connectivity index (χ4n) is 3.02. The van der Waals surface area contributed by atoms with Crippen molar-refractivity contribution in [1.29, 1.82) is 0 Å². The number of hydrogen-bond acceptors (Lipinski definition) is 2. The molecule has 2 atom stereocenters. The van der Waals surface area contributed by atoms with Gasteiger partial charge in [0.25, 0.3) is 0 Å². The smallest absolute Gasteiger partial charge is 0.310 e. The van der Waals surface area contributed by atoms with Gasteiger partial charge in [-0.25, -0.2) is 13.2 Å². The van der Waals surface area contributed by atoms with Crippen LogP contribution in [0.25, 0.3) is 0 Å². The van der Waals surface area contributed by atoms with Crippen LogP contribution in [0.4, 0.5) is 13.2 Å². The van der Waals surface area contributed by atoms with Crippen molar-refractivity contribution in [2.24, 2.45) is 17.3 Å². The van der Waals surface area contributed by atoms with Crippen LogP contribution in [0.1, 0.15) is 31.9 Å². The molecule has 132 valence electrons. The number of ether oxygens (including phenoxy) is 1. The van der Waals surface area contributed by atoms with Gasteiger partial charge in [-0.2, -0.15) is 0 Å². The van der Waals surface area contributed by atoms with E-state index in [1.165, 1.54) is 0 Å². The van der Waals surface area contributed by atoms with Crippen LogP contribution in [0.5, 0.6) is 0 Å². The lowest BCUT2D eigenvalue weighted by Gasteiger charge is -2.12. The molecule has 1 fully saturated rings. The molecule has 0 unspecified atom stereocenters. The normalized spacial score (nSPS) is 21.3. The van der Waals surface area contributed by atoms with E-state index in [0.29, 0.717) is 6.07 Å². The van der Waals surface area contributed by atoms with Crippen molar-refractivity contribution in [2.75, 3.05) is 0 Å². The molecular formula is C17H17Cl2F3O2. The van der Waals surface area contributed by atoms with Crippen LogP contribution < -0.4 is 0 Å². The molecule has 0 amide bonds. The van der Waals surface area contributed by atoms with E-state index in [0.717, 1.165) is 0 Å². The second kappa shape index (κ2) is 6.96. The lowest BCUT2D eigenvalue weighted by atomic mass is 10.0. The van der Waals surface area contributed by atoms with Crippen molar-refractivity contribution in [3.05, 3.63) is 45.2 Å². The largest absolute Gasteiger partial charge is 0.460 e. The summed E-state index contributed by atoms with van der Waals surface area (Å²) in [6.07, 6.45) is 1.70. The average Bonchev–Trinajstić information content (AvgIpc) is 3.00. The molecule has 0 heterocycles. The zero-order chi connectivity index (χ0) is 18.2. The third-order valence-corrected chi connectivity index (χ3v) is 4.82. The van der Waals surface area contributed by atoms with Gasteiger partial charge in [0.15, 0.2) is 11.6 Å². The van der Waals surface area contributed by atoms with Crippen LogP contribution in [0.2, 0.25) is 0 Å². The van der Waals surface area contributed by atoms with Crippen LogP contribution >= 0.6 is 23.2 Å². The lowest BCUT2D eigenvalue weighted by molar-refractivity contribution is -0.147. The van der Waals surface area contributed by atoms with E-state index in [4.69, 9.17) is 27.9 Å². The first-order valence-corrected chi connectivity index (χ1v) is 8.21. The number of carbonyl (C=O) groups excluding carboxylic acids is 1. The summed E-state index contributed by atoms with van der Waals surface area (Å²) in [7, 11) is 0. The van der Waals surface area contributed by atoms with E-state index in [1.54, 1.807) is 13.0 Å². The van der Waals surface area contributed by atoms with Crippen LogP contribution in [0.3, 0.4) is 0 Å². The topological polar surface area (TPSA) is 26.3 Å². The molecule has 1 aromatic carbocycles. The first-order chi connectivity index (χ1) is 11.1. The standard InChI is InChI=1S/C17H17Cl2F3O2/c1-4-8-9(15(22)12(21)6-11(8)20)7-24-16(23)14-10(5-13(18)19)17(14,2)3/h5-6,10,14H,4,7H2,1-3H3/t10-,14+/m0/s1. The van der Waals surface area contributed by atoms with Crippen molar-refractivity contribution in [2.45, 2.75) is 33.8 Å². The fraction of sp³-hybridized carbons (Fsp3) is 0.471. The Morgan fingerprint density at radius 1 is 1.25 bits per heavy atom. The number of allylic oxidation sites excluding steroid dienone is 1. The van der Waals surface area contributed by atoms with E-state index in [1.807, 2.05) is 13.8 Å². The van der Waals surface area contributed by atoms with Crippen LogP contribution in [-0.4, -0.2) is 5.97 Å². The Balaban J connectivity index is 2.15. The number of halogens is 5. The van der Waals surface area contributed by atoms with Crippen LogP contribution in [-0.2, 0) is 22.6 Å². The molecule has 0 N–H and O–H groups in total. The minimum atomic E-state index is -1.31. The Labute approximate surface area is 148 Å². The molecular weight excluding hydrogens is 364 g/mol. The van der Waals surface area contributed by atoms with E-state index in [9.17, 15) is 18.0 Å². The molecule has 1 aliphatic carbocycles. The summed E-state index contributed by atoms with van der Waals surface area (Å²) < 4.78 is 46.2. The fourth-order valence-corrected chi connectivity index (χ4v) is 3.29. The zero-order valence-electron chi connectivity index (χ0n) is 13.4. The van der Waals surface area contributed by atoms with E-state index in [-0.39, 0.29) is 28.0 Å². The number of esters is 1. The van der Waals surface area contributed by atoms with Gasteiger partial charge in [-0.3, -0.25) is 4.79 Å². The Hall–Kier alpha value is -1.20. The summed E-state index contributed by atoms with van der Waals surface area (Å²) >= 11 is 11.2. The number of carbonyl (C=O) groups is 1. The van der Waals surface area contributed by atoms with Crippen LogP contribution in [0, 0.1) is 34.7 Å². The second-order valence-electron chi connectivity index (χ2n) is 6.35. The maximum Gasteiger partial charge on any atom is 0.310 e. The van der Waals surface area contributed by atoms with Gasteiger partial charge in [-0.1, -0.05) is 44.0 Å². The molecule has 0 bridgehead atoms. The van der Waals surface area contributed by atoms with Gasteiger partial charge in [0.2, 0.25) is 0 Å². The molecule has 1 saturated carbocycles. The van der Waals surface area contributed by atoms with E-state index >= 15 is 0 Å². The Morgan fingerprint density at radius 2 is 1.88 bits per heavy atom. The number of benzene rings is 1. The summed E-state index contributed by atoms with van der Waals surface area (Å²) in [5.41, 5.74) is -0.674. The van der Waals surface area contributed by atoms with Gasteiger partial charge in [0.1, 0.15) is 16.9 Å². The highest BCUT2D eigenvalue weighted by atomic mass is 35.5. The maximum absolute atomic E-state index is 13.9. The number of hydrogen-bond donors (Lipinski definition) is 0. The first-order valence-electron chi connectivity index (χ1n) is 7.45. The summed E-state index contributed by atoms with van der Waals surface area (Å²) in [5.74, 6) is -4.63. The molecule has 24 heavy (non-hydrogen) atoms. The van der Waals surface area contributed by atoms with Crippen molar-refractivity contribution in [3.63, 3.8) is 0 Å². The maximum atomic E-state index is 13.9. The highest BCUT2D eigenvalue weighted by Gasteiger charge is 2.61. The minimum absolute atomic E-state index is 0.00277. The third-order valence-electron chi connectivity index (χ3n) is 4.56. The summed E-state index contributed by atoms with van der Waals surface area (Å²) in [5, 5.41) is 0. The van der Waals surface area contributed by atoms with Crippen molar-refractivity contribution >= 4 is 29.2 Å². The van der Waals surface area contributed by atoms with Crippen molar-refractivity contribution in [3.8, 4) is 0 Å². The van der Waals surface area contributed by atoms with Crippen molar-refractivity contribution < 1.29 is 22.7 Å².